The van der Waals surface area contributed by atoms with Crippen molar-refractivity contribution < 1.29 is 4.42 Å². The average Bonchev–Trinajstić information content (AvgIpc) is 3.78. The monoisotopic (exact) mass is 702 g/mol. The maximum atomic E-state index is 6.48. The van der Waals surface area contributed by atoms with E-state index in [2.05, 4.69) is 182 Å². The van der Waals surface area contributed by atoms with Gasteiger partial charge in [-0.1, -0.05) is 158 Å². The molecule has 2 aromatic heterocycles. The molecule has 54 heavy (non-hydrogen) atoms. The van der Waals surface area contributed by atoms with E-state index in [1.165, 1.54) is 107 Å². The lowest BCUT2D eigenvalue weighted by Gasteiger charge is -2.19. The fraction of sp³-hybridized carbons (Fsp3) is 0. The molecule has 0 aliphatic rings. The van der Waals surface area contributed by atoms with Gasteiger partial charge in [0.2, 0.25) is 0 Å². The van der Waals surface area contributed by atoms with E-state index >= 15 is 0 Å². The first kappa shape index (κ1) is 29.8. The van der Waals surface area contributed by atoms with Crippen LogP contribution >= 0.6 is 11.3 Å². The Hall–Kier alpha value is -6.74. The second kappa shape index (κ2) is 11.4. The first-order valence-corrected chi connectivity index (χ1v) is 19.3. The van der Waals surface area contributed by atoms with E-state index < -0.39 is 0 Å². The van der Waals surface area contributed by atoms with E-state index in [-0.39, 0.29) is 0 Å². The van der Waals surface area contributed by atoms with E-state index in [9.17, 15) is 0 Å². The second-order valence-electron chi connectivity index (χ2n) is 14.3. The highest BCUT2D eigenvalue weighted by atomic mass is 32.1. The van der Waals surface area contributed by atoms with Gasteiger partial charge in [-0.15, -0.1) is 11.3 Å². The van der Waals surface area contributed by atoms with Crippen LogP contribution in [0.3, 0.4) is 0 Å². The fourth-order valence-electron chi connectivity index (χ4n) is 9.09. The lowest BCUT2D eigenvalue weighted by atomic mass is 9.84. The Bertz CT molecular complexity index is 3440. The van der Waals surface area contributed by atoms with Crippen molar-refractivity contribution in [3.8, 4) is 33.4 Å². The Morgan fingerprint density at radius 1 is 0.315 bits per heavy atom. The van der Waals surface area contributed by atoms with E-state index in [1.807, 2.05) is 11.3 Å². The summed E-state index contributed by atoms with van der Waals surface area (Å²) in [4.78, 5) is 0. The number of fused-ring (bicyclic) bond motifs is 11. The smallest absolute Gasteiger partial charge is 0.136 e. The van der Waals surface area contributed by atoms with Crippen molar-refractivity contribution in [1.82, 2.24) is 0 Å². The van der Waals surface area contributed by atoms with E-state index in [0.29, 0.717) is 0 Å². The van der Waals surface area contributed by atoms with Gasteiger partial charge in [0.15, 0.2) is 0 Å². The van der Waals surface area contributed by atoms with Crippen LogP contribution in [0.5, 0.6) is 0 Å². The lowest BCUT2D eigenvalue weighted by molar-refractivity contribution is 0.670. The number of rotatable bonds is 3. The Balaban J connectivity index is 1.09. The van der Waals surface area contributed by atoms with Crippen molar-refractivity contribution in [3.05, 3.63) is 182 Å². The van der Waals surface area contributed by atoms with Crippen molar-refractivity contribution >= 4 is 96.5 Å². The van der Waals surface area contributed by atoms with Crippen molar-refractivity contribution in [2.45, 2.75) is 0 Å². The lowest BCUT2D eigenvalue weighted by Crippen LogP contribution is -1.92. The van der Waals surface area contributed by atoms with Crippen LogP contribution in [0.25, 0.3) is 119 Å². The third-order valence-corrected chi connectivity index (χ3v) is 12.6. The van der Waals surface area contributed by atoms with Gasteiger partial charge in [-0.25, -0.2) is 0 Å². The molecule has 0 saturated carbocycles. The van der Waals surface area contributed by atoms with Gasteiger partial charge in [0.25, 0.3) is 0 Å². The number of benzene rings is 10. The normalized spacial score (nSPS) is 12.1. The molecule has 0 amide bonds. The summed E-state index contributed by atoms with van der Waals surface area (Å²) in [5, 5.41) is 14.9. The molecular weight excluding hydrogens is 673 g/mol. The molecule has 10 aromatic carbocycles. The third-order valence-electron chi connectivity index (χ3n) is 11.5. The standard InChI is InChI=1S/C52H30OS/c1-2-12-31(13-3-1)34-25-26-43(37-17-7-6-16-36(34)37)51-41-20-10-8-18-39(41)50(40-19-9-11-21-42(40)51)33-22-24-38-44-29-47-45(30-49(44)54-48(38)28-33)52-35-15-5-4-14-32(35)23-27-46(52)53-47/h1-30H. The van der Waals surface area contributed by atoms with Crippen LogP contribution in [0.2, 0.25) is 0 Å². The minimum atomic E-state index is 0.939. The largest absolute Gasteiger partial charge is 0.456 e. The maximum Gasteiger partial charge on any atom is 0.136 e. The molecule has 0 aliphatic carbocycles. The molecule has 0 saturated heterocycles. The number of thiophene rings is 1. The molecule has 0 N–H and O–H groups in total. The quantitative estimate of drug-likeness (QED) is 0.167. The first-order valence-electron chi connectivity index (χ1n) is 18.5. The second-order valence-corrected chi connectivity index (χ2v) is 15.4. The zero-order valence-electron chi connectivity index (χ0n) is 29.1. The fourth-order valence-corrected chi connectivity index (χ4v) is 10.3. The van der Waals surface area contributed by atoms with E-state index in [4.69, 9.17) is 4.42 Å². The van der Waals surface area contributed by atoms with Crippen LogP contribution in [-0.4, -0.2) is 0 Å². The highest BCUT2D eigenvalue weighted by molar-refractivity contribution is 7.26. The summed E-state index contributed by atoms with van der Waals surface area (Å²) >= 11 is 1.87. The topological polar surface area (TPSA) is 13.1 Å². The van der Waals surface area contributed by atoms with Gasteiger partial charge in [0.05, 0.1) is 0 Å². The van der Waals surface area contributed by atoms with Gasteiger partial charge in [0.1, 0.15) is 11.2 Å². The highest BCUT2D eigenvalue weighted by Gasteiger charge is 2.20. The van der Waals surface area contributed by atoms with Crippen LogP contribution in [0.4, 0.5) is 0 Å². The summed E-state index contributed by atoms with van der Waals surface area (Å²) in [5.74, 6) is 0. The molecule has 0 fully saturated rings. The van der Waals surface area contributed by atoms with Gasteiger partial charge < -0.3 is 4.42 Å². The van der Waals surface area contributed by atoms with Crippen LogP contribution in [0.15, 0.2) is 186 Å². The number of furan rings is 1. The molecule has 12 aromatic rings. The summed E-state index contributed by atoms with van der Waals surface area (Å²) in [6, 6.07) is 66.7. The van der Waals surface area contributed by atoms with Gasteiger partial charge in [-0.3, -0.25) is 0 Å². The molecule has 2 heterocycles. The van der Waals surface area contributed by atoms with Crippen LogP contribution in [0, 0.1) is 0 Å². The predicted octanol–water partition coefficient (Wildman–Crippen LogP) is 15.6. The summed E-state index contributed by atoms with van der Waals surface area (Å²) < 4.78 is 9.04. The molecule has 2 heteroatoms. The minimum Gasteiger partial charge on any atom is -0.456 e. The zero-order valence-corrected chi connectivity index (χ0v) is 30.0. The molecule has 0 radical (unpaired) electrons. The summed E-state index contributed by atoms with van der Waals surface area (Å²) in [6.45, 7) is 0. The molecule has 0 bridgehead atoms. The minimum absolute atomic E-state index is 0.939. The first-order chi connectivity index (χ1) is 26.8. The molecule has 250 valence electrons. The predicted molar refractivity (Wildman–Crippen MR) is 233 cm³/mol. The van der Waals surface area contributed by atoms with Crippen molar-refractivity contribution in [2.75, 3.05) is 0 Å². The SMILES string of the molecule is c1ccc(-c2ccc(-c3c4ccccc4c(-c4ccc5c(c4)sc4cc6c(cc45)oc4ccc5ccccc5c46)c4ccccc34)c3ccccc23)cc1. The van der Waals surface area contributed by atoms with Crippen LogP contribution in [-0.2, 0) is 0 Å². The molecule has 0 atom stereocenters. The van der Waals surface area contributed by atoms with Gasteiger partial charge in [0, 0.05) is 30.9 Å². The van der Waals surface area contributed by atoms with Crippen molar-refractivity contribution in [2.24, 2.45) is 0 Å². The zero-order chi connectivity index (χ0) is 35.3. The molecular formula is C52H30OS. The van der Waals surface area contributed by atoms with Gasteiger partial charge >= 0.3 is 0 Å². The van der Waals surface area contributed by atoms with Crippen LogP contribution in [0.1, 0.15) is 0 Å². The molecule has 0 aliphatic heterocycles. The Morgan fingerprint density at radius 2 is 0.907 bits per heavy atom. The van der Waals surface area contributed by atoms with Crippen molar-refractivity contribution in [1.29, 1.82) is 0 Å². The average molecular weight is 703 g/mol. The third kappa shape index (κ3) is 4.26. The summed E-state index contributed by atoms with van der Waals surface area (Å²) in [5.41, 5.74) is 9.42. The number of hydrogen-bond donors (Lipinski definition) is 0. The van der Waals surface area contributed by atoms with E-state index in [0.717, 1.165) is 11.2 Å². The Labute approximate surface area is 314 Å². The maximum absolute atomic E-state index is 6.48. The Kier molecular flexibility index (Phi) is 6.28. The summed E-state index contributed by atoms with van der Waals surface area (Å²) in [7, 11) is 0. The Morgan fingerprint density at radius 3 is 1.65 bits per heavy atom. The molecule has 0 unspecified atom stereocenters. The summed E-state index contributed by atoms with van der Waals surface area (Å²) in [6.07, 6.45) is 0. The van der Waals surface area contributed by atoms with E-state index in [1.54, 1.807) is 0 Å². The van der Waals surface area contributed by atoms with Gasteiger partial charge in [-0.2, -0.15) is 0 Å². The van der Waals surface area contributed by atoms with Gasteiger partial charge in [-0.05, 0) is 101 Å². The molecule has 0 spiro atoms. The molecule has 1 nitrogen and oxygen atoms in total. The van der Waals surface area contributed by atoms with Crippen molar-refractivity contribution in [3.63, 3.8) is 0 Å². The van der Waals surface area contributed by atoms with Crippen LogP contribution < -0.4 is 0 Å². The number of hydrogen-bond acceptors (Lipinski definition) is 2. The highest BCUT2D eigenvalue weighted by Crippen LogP contribution is 2.48. The molecule has 12 rings (SSSR count).